The molecule has 1 aliphatic heterocycles. The van der Waals surface area contributed by atoms with E-state index in [-0.39, 0.29) is 18.4 Å². The van der Waals surface area contributed by atoms with Crippen molar-refractivity contribution < 1.29 is 33.8 Å². The van der Waals surface area contributed by atoms with Gasteiger partial charge in [0.1, 0.15) is 23.5 Å². The molecule has 0 aliphatic carbocycles. The molecule has 1 fully saturated rings. The largest absolute Gasteiger partial charge is 0.456 e. The smallest absolute Gasteiger partial charge is 0.408 e. The number of halogens is 1. The van der Waals surface area contributed by atoms with Crippen LogP contribution in [-0.2, 0) is 24.7 Å². The van der Waals surface area contributed by atoms with Crippen LogP contribution < -0.4 is 16.0 Å². The molecule has 4 atom stereocenters. The molecular formula is C33H53ClN4O7. The zero-order valence-corrected chi connectivity index (χ0v) is 29.2. The number of nitrogens with one attached hydrogen (secondary N) is 3. The molecular weight excluding hydrogens is 600 g/mol. The monoisotopic (exact) mass is 652 g/mol. The Balaban J connectivity index is 1.91. The third-order valence-electron chi connectivity index (χ3n) is 8.10. The standard InChI is InChI=1S/C33H53ClN4O7/c1-21(2)26(37-29(42)45-30(4,5)6)27(40)44-32(9,10)19-35-28(41)36-25(18-39)22(3)17-38-16-15-33(43,31(7,8)20-38)23-11-13-24(34)14-12-23/h11-14,18,21-22,25-26,43H,15-17,19-20H2,1-10H3,(H,37,42)(H2,35,36,41)/t22-,25?,26?,33-/m0/s1. The number of carbonyl (C=O) groups is 4. The van der Waals surface area contributed by atoms with E-state index in [1.54, 1.807) is 60.6 Å². The van der Waals surface area contributed by atoms with Crippen LogP contribution in [0.5, 0.6) is 0 Å². The van der Waals surface area contributed by atoms with E-state index in [1.165, 1.54) is 0 Å². The van der Waals surface area contributed by atoms with Crippen molar-refractivity contribution in [3.05, 3.63) is 34.9 Å². The first-order valence-corrected chi connectivity index (χ1v) is 15.9. The van der Waals surface area contributed by atoms with E-state index >= 15 is 0 Å². The van der Waals surface area contributed by atoms with Crippen LogP contribution >= 0.6 is 11.6 Å². The molecule has 45 heavy (non-hydrogen) atoms. The van der Waals surface area contributed by atoms with Gasteiger partial charge in [-0.3, -0.25) is 0 Å². The summed E-state index contributed by atoms with van der Waals surface area (Å²) in [6.45, 7) is 19.6. The number of hydrogen-bond donors (Lipinski definition) is 4. The minimum Gasteiger partial charge on any atom is -0.456 e. The minimum absolute atomic E-state index is 0.0363. The third kappa shape index (κ3) is 11.1. The van der Waals surface area contributed by atoms with E-state index in [1.807, 2.05) is 32.9 Å². The summed E-state index contributed by atoms with van der Waals surface area (Å²) < 4.78 is 10.9. The van der Waals surface area contributed by atoms with Gasteiger partial charge in [-0.15, -0.1) is 0 Å². The van der Waals surface area contributed by atoms with Crippen molar-refractivity contribution in [1.82, 2.24) is 20.9 Å². The van der Waals surface area contributed by atoms with Gasteiger partial charge in [0.2, 0.25) is 0 Å². The van der Waals surface area contributed by atoms with Crippen LogP contribution in [0.1, 0.15) is 81.2 Å². The third-order valence-corrected chi connectivity index (χ3v) is 8.35. The maximum absolute atomic E-state index is 12.9. The van der Waals surface area contributed by atoms with Crippen LogP contribution in [0.15, 0.2) is 24.3 Å². The van der Waals surface area contributed by atoms with Crippen LogP contribution in [0, 0.1) is 17.3 Å². The molecule has 12 heteroatoms. The van der Waals surface area contributed by atoms with Gasteiger partial charge in [0, 0.05) is 30.1 Å². The molecule has 0 saturated carbocycles. The minimum atomic E-state index is -1.11. The van der Waals surface area contributed by atoms with Gasteiger partial charge in [-0.05, 0) is 70.6 Å². The van der Waals surface area contributed by atoms with E-state index in [9.17, 15) is 24.3 Å². The lowest BCUT2D eigenvalue weighted by atomic mass is 9.66. The molecule has 11 nitrogen and oxygen atoms in total. The number of esters is 1. The van der Waals surface area contributed by atoms with Crippen molar-refractivity contribution in [2.45, 2.75) is 105 Å². The van der Waals surface area contributed by atoms with E-state index in [4.69, 9.17) is 21.1 Å². The van der Waals surface area contributed by atoms with Crippen LogP contribution in [0.25, 0.3) is 0 Å². The highest BCUT2D eigenvalue weighted by Crippen LogP contribution is 2.46. The van der Waals surface area contributed by atoms with Gasteiger partial charge < -0.3 is 40.2 Å². The van der Waals surface area contributed by atoms with E-state index in [0.29, 0.717) is 37.4 Å². The van der Waals surface area contributed by atoms with Crippen LogP contribution in [0.2, 0.25) is 5.02 Å². The number of hydrogen-bond acceptors (Lipinski definition) is 8. The second kappa shape index (κ2) is 15.1. The van der Waals surface area contributed by atoms with Crippen LogP contribution in [0.4, 0.5) is 9.59 Å². The van der Waals surface area contributed by atoms with Crippen molar-refractivity contribution in [2.75, 3.05) is 26.2 Å². The Hall–Kier alpha value is -2.89. The quantitative estimate of drug-likeness (QED) is 0.189. The average Bonchev–Trinajstić information content (AvgIpc) is 2.90. The summed E-state index contributed by atoms with van der Waals surface area (Å²) in [5.74, 6) is -1.15. The van der Waals surface area contributed by atoms with Gasteiger partial charge in [-0.1, -0.05) is 58.4 Å². The Morgan fingerprint density at radius 2 is 1.64 bits per heavy atom. The lowest BCUT2D eigenvalue weighted by molar-refractivity contribution is -0.159. The fourth-order valence-electron chi connectivity index (χ4n) is 5.47. The number of aliphatic hydroxyl groups is 1. The average molecular weight is 653 g/mol. The van der Waals surface area contributed by atoms with Crippen molar-refractivity contribution in [3.8, 4) is 0 Å². The SMILES string of the molecule is CC(C)C(NC(=O)OC(C)(C)C)C(=O)OC(C)(C)CNC(=O)NC(C=O)[C@@H](C)CN1CC[C@](O)(c2ccc(Cl)cc2)C(C)(C)C1. The zero-order chi connectivity index (χ0) is 34.4. The van der Waals surface area contributed by atoms with Gasteiger partial charge in [-0.2, -0.15) is 0 Å². The number of benzene rings is 1. The maximum atomic E-state index is 12.9. The van der Waals surface area contributed by atoms with Gasteiger partial charge in [0.15, 0.2) is 0 Å². The molecule has 2 unspecified atom stereocenters. The molecule has 1 aromatic carbocycles. The molecule has 1 saturated heterocycles. The number of likely N-dealkylation sites (tertiary alicyclic amines) is 1. The summed E-state index contributed by atoms with van der Waals surface area (Å²) in [6, 6.07) is 4.99. The molecule has 0 spiro atoms. The van der Waals surface area contributed by atoms with Gasteiger partial charge in [0.25, 0.3) is 0 Å². The molecule has 0 aromatic heterocycles. The highest BCUT2D eigenvalue weighted by Gasteiger charge is 2.49. The summed E-state index contributed by atoms with van der Waals surface area (Å²) in [5, 5.41) is 20.2. The molecule has 1 aliphatic rings. The second-order valence-corrected chi connectivity index (χ2v) is 15.2. The fraction of sp³-hybridized carbons (Fsp3) is 0.697. The first-order valence-electron chi connectivity index (χ1n) is 15.5. The number of nitrogens with zero attached hydrogens (tertiary/aromatic N) is 1. The maximum Gasteiger partial charge on any atom is 0.408 e. The Labute approximate surface area is 273 Å². The number of ether oxygens (including phenoxy) is 2. The Kier molecular flexibility index (Phi) is 12.9. The summed E-state index contributed by atoms with van der Waals surface area (Å²) in [7, 11) is 0. The van der Waals surface area contributed by atoms with E-state index in [0.717, 1.165) is 5.56 Å². The number of piperidine rings is 1. The molecule has 0 radical (unpaired) electrons. The predicted molar refractivity (Wildman–Crippen MR) is 174 cm³/mol. The number of amides is 3. The Bertz CT molecular complexity index is 1180. The van der Waals surface area contributed by atoms with Crippen molar-refractivity contribution >= 4 is 36.0 Å². The van der Waals surface area contributed by atoms with Crippen LogP contribution in [-0.4, -0.2) is 83.9 Å². The van der Waals surface area contributed by atoms with Gasteiger partial charge >= 0.3 is 18.1 Å². The first kappa shape index (κ1) is 38.3. The molecule has 0 bridgehead atoms. The molecule has 1 heterocycles. The summed E-state index contributed by atoms with van der Waals surface area (Å²) in [5.41, 5.74) is -2.53. The number of alkyl carbamates (subject to hydrolysis) is 1. The fourth-order valence-corrected chi connectivity index (χ4v) is 5.60. The molecule has 4 N–H and O–H groups in total. The molecule has 3 amide bonds. The number of carbonyl (C=O) groups excluding carboxylic acids is 4. The first-order chi connectivity index (χ1) is 20.6. The van der Waals surface area contributed by atoms with Crippen molar-refractivity contribution in [2.24, 2.45) is 17.3 Å². The van der Waals surface area contributed by atoms with Crippen molar-refractivity contribution in [1.29, 1.82) is 0 Å². The van der Waals surface area contributed by atoms with E-state index < -0.39 is 52.4 Å². The zero-order valence-electron chi connectivity index (χ0n) is 28.5. The molecule has 254 valence electrons. The molecule has 2 rings (SSSR count). The lowest BCUT2D eigenvalue weighted by Crippen LogP contribution is -2.57. The topological polar surface area (TPSA) is 146 Å². The number of aldehydes is 1. The second-order valence-electron chi connectivity index (χ2n) is 14.8. The van der Waals surface area contributed by atoms with Crippen LogP contribution in [0.3, 0.4) is 0 Å². The van der Waals surface area contributed by atoms with E-state index in [2.05, 4.69) is 20.9 Å². The Morgan fingerprint density at radius 1 is 1.04 bits per heavy atom. The normalized spacial score (nSPS) is 20.8. The highest BCUT2D eigenvalue weighted by molar-refractivity contribution is 6.30. The van der Waals surface area contributed by atoms with Crippen molar-refractivity contribution in [3.63, 3.8) is 0 Å². The summed E-state index contributed by atoms with van der Waals surface area (Å²) in [6.07, 6.45) is 0.490. The summed E-state index contributed by atoms with van der Waals surface area (Å²) in [4.78, 5) is 52.2. The van der Waals surface area contributed by atoms with Gasteiger partial charge in [0.05, 0.1) is 18.2 Å². The number of urea groups is 1. The predicted octanol–water partition coefficient (Wildman–Crippen LogP) is 4.63. The highest BCUT2D eigenvalue weighted by atomic mass is 35.5. The Morgan fingerprint density at radius 3 is 2.16 bits per heavy atom. The molecule has 1 aromatic rings. The van der Waals surface area contributed by atoms with Gasteiger partial charge in [-0.25, -0.2) is 14.4 Å². The summed E-state index contributed by atoms with van der Waals surface area (Å²) >= 11 is 6.05. The number of rotatable bonds is 12. The lowest BCUT2D eigenvalue weighted by Gasteiger charge is -2.51.